The van der Waals surface area contributed by atoms with Gasteiger partial charge in [-0.05, 0) is 56.8 Å². The number of rotatable bonds is 1. The first kappa shape index (κ1) is 16.5. The van der Waals surface area contributed by atoms with Gasteiger partial charge in [0.25, 0.3) is 0 Å². The van der Waals surface area contributed by atoms with Crippen LogP contribution < -0.4 is 0 Å². The van der Waals surface area contributed by atoms with Gasteiger partial charge < -0.3 is 10.2 Å². The lowest BCUT2D eigenvalue weighted by Gasteiger charge is -2.58. The molecule has 0 radical (unpaired) electrons. The van der Waals surface area contributed by atoms with Crippen LogP contribution in [0.2, 0.25) is 0 Å². The molecule has 7 atom stereocenters. The van der Waals surface area contributed by atoms with Crippen molar-refractivity contribution in [1.29, 1.82) is 0 Å². The molecule has 0 bridgehead atoms. The minimum Gasteiger partial charge on any atom is -0.393 e. The lowest BCUT2D eigenvalue weighted by atomic mass is 9.47. The van der Waals surface area contributed by atoms with Gasteiger partial charge in [0.05, 0.1) is 12.2 Å². The maximum absolute atomic E-state index is 12.1. The van der Waals surface area contributed by atoms with E-state index >= 15 is 0 Å². The minimum atomic E-state index is -0.360. The highest BCUT2D eigenvalue weighted by atomic mass is 16.3. The third-order valence-electron chi connectivity index (χ3n) is 7.91. The SMILES string of the molecule is CC(=O)[C@H]1CC=C2C3CC=C4C[C@@H](O)CC[C@]4(C)C3[C@H](O)C[C@@]21C. The summed E-state index contributed by atoms with van der Waals surface area (Å²) in [6, 6.07) is 0. The monoisotopic (exact) mass is 330 g/mol. The Hall–Kier alpha value is -0.930. The second-order valence-electron chi connectivity index (χ2n) is 9.16. The number of carbonyl (C=O) groups excluding carboxylic acids is 1. The van der Waals surface area contributed by atoms with E-state index in [0.717, 1.165) is 32.1 Å². The zero-order valence-electron chi connectivity index (χ0n) is 15.1. The van der Waals surface area contributed by atoms with Gasteiger partial charge in [-0.2, -0.15) is 0 Å². The van der Waals surface area contributed by atoms with Crippen molar-refractivity contribution < 1.29 is 15.0 Å². The van der Waals surface area contributed by atoms with Gasteiger partial charge in [-0.1, -0.05) is 37.1 Å². The summed E-state index contributed by atoms with van der Waals surface area (Å²) in [6.45, 7) is 6.20. The fourth-order valence-corrected chi connectivity index (χ4v) is 6.74. The molecule has 2 N–H and O–H groups in total. The zero-order valence-corrected chi connectivity index (χ0v) is 15.1. The van der Waals surface area contributed by atoms with E-state index in [1.165, 1.54) is 11.1 Å². The molecule has 3 nitrogen and oxygen atoms in total. The number of ketones is 1. The molecule has 0 amide bonds. The van der Waals surface area contributed by atoms with E-state index in [0.29, 0.717) is 12.3 Å². The Balaban J connectivity index is 1.74. The van der Waals surface area contributed by atoms with Gasteiger partial charge in [-0.3, -0.25) is 4.79 Å². The van der Waals surface area contributed by atoms with Gasteiger partial charge in [0, 0.05) is 17.3 Å². The summed E-state index contributed by atoms with van der Waals surface area (Å²) >= 11 is 0. The van der Waals surface area contributed by atoms with Crippen LogP contribution in [0.25, 0.3) is 0 Å². The van der Waals surface area contributed by atoms with Crippen molar-refractivity contribution in [2.45, 2.75) is 71.5 Å². The van der Waals surface area contributed by atoms with E-state index < -0.39 is 0 Å². The molecule has 0 aromatic rings. The highest BCUT2D eigenvalue weighted by molar-refractivity contribution is 5.80. The molecule has 132 valence electrons. The number of carbonyl (C=O) groups is 1. The van der Waals surface area contributed by atoms with Crippen molar-refractivity contribution in [2.75, 3.05) is 0 Å². The zero-order chi connectivity index (χ0) is 17.3. The Kier molecular flexibility index (Phi) is 3.64. The van der Waals surface area contributed by atoms with Crippen molar-refractivity contribution in [3.8, 4) is 0 Å². The summed E-state index contributed by atoms with van der Waals surface area (Å²) in [5.41, 5.74) is 2.62. The molecule has 0 saturated heterocycles. The molecule has 0 spiro atoms. The fourth-order valence-electron chi connectivity index (χ4n) is 6.74. The molecule has 2 saturated carbocycles. The molecular weight excluding hydrogens is 300 g/mol. The van der Waals surface area contributed by atoms with Gasteiger partial charge in [-0.25, -0.2) is 0 Å². The molecular formula is C21H30O3. The molecule has 4 aliphatic carbocycles. The topological polar surface area (TPSA) is 57.5 Å². The van der Waals surface area contributed by atoms with E-state index in [4.69, 9.17) is 0 Å². The maximum atomic E-state index is 12.1. The summed E-state index contributed by atoms with van der Waals surface area (Å²) in [5.74, 6) is 0.880. The predicted molar refractivity (Wildman–Crippen MR) is 93.2 cm³/mol. The Morgan fingerprint density at radius 1 is 1.17 bits per heavy atom. The first-order chi connectivity index (χ1) is 11.3. The predicted octanol–water partition coefficient (Wildman–Crippen LogP) is 3.41. The number of hydrogen-bond donors (Lipinski definition) is 2. The van der Waals surface area contributed by atoms with Gasteiger partial charge in [0.1, 0.15) is 5.78 Å². The van der Waals surface area contributed by atoms with Crippen molar-refractivity contribution in [1.82, 2.24) is 0 Å². The third kappa shape index (κ3) is 2.07. The second kappa shape index (κ2) is 5.28. The number of aliphatic hydroxyl groups excluding tert-OH is 2. The number of Topliss-reactive ketones (excluding diaryl/α,β-unsaturated/α-hetero) is 1. The van der Waals surface area contributed by atoms with Crippen molar-refractivity contribution in [3.05, 3.63) is 23.3 Å². The number of fused-ring (bicyclic) bond motifs is 5. The highest BCUT2D eigenvalue weighted by Gasteiger charge is 2.59. The molecule has 0 aromatic heterocycles. The Morgan fingerprint density at radius 2 is 1.92 bits per heavy atom. The smallest absolute Gasteiger partial charge is 0.134 e. The summed E-state index contributed by atoms with van der Waals surface area (Å²) in [5, 5.41) is 21.2. The first-order valence-electron chi connectivity index (χ1n) is 9.54. The Morgan fingerprint density at radius 3 is 2.62 bits per heavy atom. The minimum absolute atomic E-state index is 0.00194. The Bertz CT molecular complexity index is 633. The van der Waals surface area contributed by atoms with Crippen molar-refractivity contribution in [3.63, 3.8) is 0 Å². The second-order valence-corrected chi connectivity index (χ2v) is 9.16. The van der Waals surface area contributed by atoms with Crippen LogP contribution in [0.5, 0.6) is 0 Å². The van der Waals surface area contributed by atoms with Crippen LogP contribution in [0.3, 0.4) is 0 Å². The lowest BCUT2D eigenvalue weighted by Crippen LogP contribution is -2.54. The molecule has 24 heavy (non-hydrogen) atoms. The Labute approximate surface area is 144 Å². The van der Waals surface area contributed by atoms with Gasteiger partial charge in [0.2, 0.25) is 0 Å². The van der Waals surface area contributed by atoms with Crippen LogP contribution in [-0.2, 0) is 4.79 Å². The lowest BCUT2D eigenvalue weighted by molar-refractivity contribution is -0.126. The van der Waals surface area contributed by atoms with Crippen LogP contribution in [-0.4, -0.2) is 28.2 Å². The van der Waals surface area contributed by atoms with E-state index in [9.17, 15) is 15.0 Å². The van der Waals surface area contributed by atoms with Gasteiger partial charge in [-0.15, -0.1) is 0 Å². The average molecular weight is 330 g/mol. The molecule has 4 aliphatic rings. The van der Waals surface area contributed by atoms with Gasteiger partial charge in [0.15, 0.2) is 0 Å². The number of hydrogen-bond acceptors (Lipinski definition) is 3. The van der Waals surface area contributed by atoms with E-state index in [2.05, 4.69) is 26.0 Å². The van der Waals surface area contributed by atoms with Crippen LogP contribution in [0.4, 0.5) is 0 Å². The normalized spacial score (nSPS) is 50.3. The number of aliphatic hydroxyl groups is 2. The highest BCUT2D eigenvalue weighted by Crippen LogP contribution is 2.64. The molecule has 0 heterocycles. The maximum Gasteiger partial charge on any atom is 0.134 e. The number of allylic oxidation sites excluding steroid dienone is 3. The molecule has 2 fully saturated rings. The van der Waals surface area contributed by atoms with E-state index in [-0.39, 0.29) is 40.7 Å². The van der Waals surface area contributed by atoms with Crippen molar-refractivity contribution in [2.24, 2.45) is 28.6 Å². The fraction of sp³-hybridized carbons (Fsp3) is 0.762. The first-order valence-corrected chi connectivity index (χ1v) is 9.54. The van der Waals surface area contributed by atoms with E-state index in [1.807, 2.05) is 0 Å². The van der Waals surface area contributed by atoms with Crippen molar-refractivity contribution >= 4 is 5.78 Å². The van der Waals surface area contributed by atoms with E-state index in [1.54, 1.807) is 6.92 Å². The molecule has 0 aliphatic heterocycles. The average Bonchev–Trinajstić information content (AvgIpc) is 2.84. The summed E-state index contributed by atoms with van der Waals surface area (Å²) in [7, 11) is 0. The van der Waals surface area contributed by atoms with Gasteiger partial charge >= 0.3 is 0 Å². The summed E-state index contributed by atoms with van der Waals surface area (Å²) in [6.07, 6.45) is 9.11. The largest absolute Gasteiger partial charge is 0.393 e. The van der Waals surface area contributed by atoms with Crippen LogP contribution in [0.15, 0.2) is 23.3 Å². The molecule has 2 unspecified atom stereocenters. The summed E-state index contributed by atoms with van der Waals surface area (Å²) < 4.78 is 0. The quantitative estimate of drug-likeness (QED) is 0.725. The van der Waals surface area contributed by atoms with Crippen LogP contribution in [0.1, 0.15) is 59.3 Å². The summed E-state index contributed by atoms with van der Waals surface area (Å²) in [4.78, 5) is 12.1. The molecule has 0 aromatic carbocycles. The standard InChI is InChI=1S/C21H30O3/c1-12(22)16-6-7-17-15-5-4-13-10-14(23)8-9-20(13,2)19(15)18(24)11-21(16,17)3/h4,7,14-16,18-19,23-24H,5-6,8-11H2,1-3H3/t14-,15?,16+,18+,19?,20-,21+/m0/s1. The molecule has 4 rings (SSSR count). The third-order valence-corrected chi connectivity index (χ3v) is 7.91. The van der Waals surface area contributed by atoms with Crippen LogP contribution in [0, 0.1) is 28.6 Å². The van der Waals surface area contributed by atoms with Crippen LogP contribution >= 0.6 is 0 Å². The molecule has 3 heteroatoms.